The zero-order valence-corrected chi connectivity index (χ0v) is 14.4. The molecule has 1 fully saturated rings. The number of anilines is 1. The first-order chi connectivity index (χ1) is 11.5. The number of halogens is 3. The van der Waals surface area contributed by atoms with Crippen LogP contribution in [0, 0.1) is 5.82 Å². The molecule has 126 valence electrons. The maximum atomic E-state index is 13.5. The van der Waals surface area contributed by atoms with Crippen LogP contribution >= 0.6 is 23.2 Å². The van der Waals surface area contributed by atoms with Crippen LogP contribution in [0.25, 0.3) is 0 Å². The SMILES string of the molecule is O=C(NCc1ccc(N2CCCC2)nc1)c1cc(F)c(Cl)cc1Cl. The molecule has 0 atom stereocenters. The molecule has 4 nitrogen and oxygen atoms in total. The average Bonchev–Trinajstić information content (AvgIpc) is 3.11. The summed E-state index contributed by atoms with van der Waals surface area (Å²) in [5.41, 5.74) is 0.914. The van der Waals surface area contributed by atoms with Gasteiger partial charge in [0.2, 0.25) is 0 Å². The second-order valence-electron chi connectivity index (χ2n) is 5.65. The molecule has 3 rings (SSSR count). The van der Waals surface area contributed by atoms with Crippen LogP contribution in [-0.4, -0.2) is 24.0 Å². The lowest BCUT2D eigenvalue weighted by molar-refractivity contribution is 0.0950. The van der Waals surface area contributed by atoms with Crippen LogP contribution < -0.4 is 10.2 Å². The van der Waals surface area contributed by atoms with E-state index in [-0.39, 0.29) is 22.2 Å². The Kier molecular flexibility index (Phi) is 5.21. The summed E-state index contributed by atoms with van der Waals surface area (Å²) in [6.45, 7) is 2.35. The van der Waals surface area contributed by atoms with Gasteiger partial charge in [0.05, 0.1) is 15.6 Å². The molecule has 24 heavy (non-hydrogen) atoms. The van der Waals surface area contributed by atoms with Crippen molar-refractivity contribution in [3.05, 3.63) is 57.5 Å². The zero-order valence-electron chi connectivity index (χ0n) is 12.9. The van der Waals surface area contributed by atoms with Crippen molar-refractivity contribution in [2.24, 2.45) is 0 Å². The molecular weight excluding hydrogens is 352 g/mol. The second-order valence-corrected chi connectivity index (χ2v) is 6.46. The minimum absolute atomic E-state index is 0.0558. The Morgan fingerprint density at radius 3 is 2.62 bits per heavy atom. The fraction of sp³-hybridized carbons (Fsp3) is 0.294. The van der Waals surface area contributed by atoms with Crippen molar-refractivity contribution in [2.75, 3.05) is 18.0 Å². The summed E-state index contributed by atoms with van der Waals surface area (Å²) in [6.07, 6.45) is 4.12. The number of carbonyl (C=O) groups excluding carboxylic acids is 1. The Labute approximate surface area is 149 Å². The van der Waals surface area contributed by atoms with Gasteiger partial charge < -0.3 is 10.2 Å². The fourth-order valence-electron chi connectivity index (χ4n) is 2.63. The number of hydrogen-bond acceptors (Lipinski definition) is 3. The maximum Gasteiger partial charge on any atom is 0.253 e. The molecule has 1 N–H and O–H groups in total. The maximum absolute atomic E-state index is 13.5. The van der Waals surface area contributed by atoms with E-state index in [4.69, 9.17) is 23.2 Å². The topological polar surface area (TPSA) is 45.2 Å². The summed E-state index contributed by atoms with van der Waals surface area (Å²) < 4.78 is 13.5. The van der Waals surface area contributed by atoms with Crippen molar-refractivity contribution in [1.82, 2.24) is 10.3 Å². The Morgan fingerprint density at radius 2 is 1.96 bits per heavy atom. The molecule has 0 unspecified atom stereocenters. The van der Waals surface area contributed by atoms with Crippen molar-refractivity contribution < 1.29 is 9.18 Å². The van der Waals surface area contributed by atoms with Crippen LogP contribution in [0.3, 0.4) is 0 Å². The van der Waals surface area contributed by atoms with Crippen molar-refractivity contribution in [3.8, 4) is 0 Å². The smallest absolute Gasteiger partial charge is 0.253 e. The molecule has 0 aliphatic carbocycles. The Hall–Kier alpha value is -1.85. The van der Waals surface area contributed by atoms with Gasteiger partial charge in [0.15, 0.2) is 0 Å². The number of nitrogens with zero attached hydrogens (tertiary/aromatic N) is 2. The standard InChI is InChI=1S/C17H16Cl2FN3O/c18-13-8-14(19)15(20)7-12(13)17(24)22-10-11-3-4-16(21-9-11)23-5-1-2-6-23/h3-4,7-9H,1-2,5-6,10H2,(H,22,24). The van der Waals surface area contributed by atoms with Gasteiger partial charge in [-0.25, -0.2) is 9.37 Å². The van der Waals surface area contributed by atoms with Crippen molar-refractivity contribution >= 4 is 34.9 Å². The molecule has 0 saturated carbocycles. The van der Waals surface area contributed by atoms with Gasteiger partial charge in [-0.2, -0.15) is 0 Å². The first-order valence-corrected chi connectivity index (χ1v) is 8.43. The average molecular weight is 368 g/mol. The highest BCUT2D eigenvalue weighted by Gasteiger charge is 2.15. The molecule has 1 saturated heterocycles. The number of benzene rings is 1. The zero-order chi connectivity index (χ0) is 17.1. The van der Waals surface area contributed by atoms with E-state index < -0.39 is 11.7 Å². The predicted octanol–water partition coefficient (Wildman–Crippen LogP) is 4.06. The van der Waals surface area contributed by atoms with Crippen molar-refractivity contribution in [3.63, 3.8) is 0 Å². The summed E-state index contributed by atoms with van der Waals surface area (Å²) in [5.74, 6) is -0.188. The number of amides is 1. The minimum atomic E-state index is -0.678. The molecule has 0 bridgehead atoms. The van der Waals surface area contributed by atoms with Gasteiger partial charge in [0, 0.05) is 25.8 Å². The molecule has 0 radical (unpaired) electrons. The third-order valence-electron chi connectivity index (χ3n) is 3.95. The molecule has 2 aromatic rings. The summed E-state index contributed by atoms with van der Waals surface area (Å²) in [4.78, 5) is 18.8. The second kappa shape index (κ2) is 7.36. The first kappa shape index (κ1) is 17.0. The van der Waals surface area contributed by atoms with E-state index >= 15 is 0 Å². The number of nitrogens with one attached hydrogen (secondary N) is 1. The van der Waals surface area contributed by atoms with E-state index in [1.54, 1.807) is 6.20 Å². The fourth-order valence-corrected chi connectivity index (χ4v) is 3.10. The van der Waals surface area contributed by atoms with Crippen LogP contribution in [0.2, 0.25) is 10.0 Å². The Morgan fingerprint density at radius 1 is 1.21 bits per heavy atom. The summed E-state index contributed by atoms with van der Waals surface area (Å²) >= 11 is 11.6. The predicted molar refractivity (Wildman–Crippen MR) is 93.3 cm³/mol. The van der Waals surface area contributed by atoms with Crippen molar-refractivity contribution in [1.29, 1.82) is 0 Å². The lowest BCUT2D eigenvalue weighted by Gasteiger charge is -2.16. The lowest BCUT2D eigenvalue weighted by Crippen LogP contribution is -2.23. The van der Waals surface area contributed by atoms with E-state index in [9.17, 15) is 9.18 Å². The van der Waals surface area contributed by atoms with Gasteiger partial charge in [0.1, 0.15) is 11.6 Å². The highest BCUT2D eigenvalue weighted by Crippen LogP contribution is 2.24. The molecule has 1 aromatic heterocycles. The number of aromatic nitrogens is 1. The van der Waals surface area contributed by atoms with Crippen LogP contribution in [-0.2, 0) is 6.54 Å². The third-order valence-corrected chi connectivity index (χ3v) is 4.55. The van der Waals surface area contributed by atoms with E-state index in [1.807, 2.05) is 12.1 Å². The van der Waals surface area contributed by atoms with E-state index in [0.717, 1.165) is 30.5 Å². The highest BCUT2D eigenvalue weighted by molar-refractivity contribution is 6.36. The molecule has 1 aliphatic rings. The molecular formula is C17H16Cl2FN3O. The monoisotopic (exact) mass is 367 g/mol. The van der Waals surface area contributed by atoms with Gasteiger partial charge >= 0.3 is 0 Å². The van der Waals surface area contributed by atoms with Crippen LogP contribution in [0.5, 0.6) is 0 Å². The largest absolute Gasteiger partial charge is 0.357 e. The van der Waals surface area contributed by atoms with Crippen LogP contribution in [0.1, 0.15) is 28.8 Å². The molecule has 1 aromatic carbocycles. The van der Waals surface area contributed by atoms with Crippen LogP contribution in [0.4, 0.5) is 10.2 Å². The lowest BCUT2D eigenvalue weighted by atomic mass is 10.2. The molecule has 1 amide bonds. The van der Waals surface area contributed by atoms with E-state index in [1.165, 1.54) is 18.9 Å². The van der Waals surface area contributed by atoms with Crippen LogP contribution in [0.15, 0.2) is 30.5 Å². The number of carbonyl (C=O) groups is 1. The third kappa shape index (κ3) is 3.79. The van der Waals surface area contributed by atoms with Gasteiger partial charge in [-0.3, -0.25) is 4.79 Å². The number of rotatable bonds is 4. The summed E-state index contributed by atoms with van der Waals surface area (Å²) in [5, 5.41) is 2.70. The molecule has 2 heterocycles. The van der Waals surface area contributed by atoms with Gasteiger partial charge in [-0.05, 0) is 36.6 Å². The van der Waals surface area contributed by atoms with Gasteiger partial charge in [-0.15, -0.1) is 0 Å². The van der Waals surface area contributed by atoms with Gasteiger partial charge in [0.25, 0.3) is 5.91 Å². The molecule has 1 aliphatic heterocycles. The van der Waals surface area contributed by atoms with E-state index in [0.29, 0.717) is 0 Å². The van der Waals surface area contributed by atoms with Gasteiger partial charge in [-0.1, -0.05) is 29.3 Å². The number of hydrogen-bond donors (Lipinski definition) is 1. The summed E-state index contributed by atoms with van der Waals surface area (Å²) in [7, 11) is 0. The van der Waals surface area contributed by atoms with E-state index in [2.05, 4.69) is 15.2 Å². The summed E-state index contributed by atoms with van der Waals surface area (Å²) in [6, 6.07) is 6.13. The normalized spacial score (nSPS) is 14.0. The van der Waals surface area contributed by atoms with Crippen molar-refractivity contribution in [2.45, 2.75) is 19.4 Å². The quantitative estimate of drug-likeness (QED) is 0.828. The Bertz CT molecular complexity index is 746. The highest BCUT2D eigenvalue weighted by atomic mass is 35.5. The minimum Gasteiger partial charge on any atom is -0.357 e. The Balaban J connectivity index is 1.63. The first-order valence-electron chi connectivity index (χ1n) is 7.67. The molecule has 0 spiro atoms. The number of pyridine rings is 1. The molecule has 7 heteroatoms.